The Morgan fingerprint density at radius 3 is 1.04 bits per heavy atom. The molecular weight excluding hydrogens is 346 g/mol. The summed E-state index contributed by atoms with van der Waals surface area (Å²) in [6, 6.07) is 28.6. The third kappa shape index (κ3) is 2.85. The van der Waals surface area contributed by atoms with E-state index in [0.29, 0.717) is 0 Å². The number of hydrogen-bond acceptors (Lipinski definition) is 1. The molecule has 0 saturated heterocycles. The van der Waals surface area contributed by atoms with Crippen molar-refractivity contribution in [3.8, 4) is 0 Å². The molecule has 0 bridgehead atoms. The highest BCUT2D eigenvalue weighted by molar-refractivity contribution is 8.09. The molecule has 0 atom stereocenters. The lowest BCUT2D eigenvalue weighted by atomic mass is 9.84. The first-order valence-corrected chi connectivity index (χ1v) is 10.7. The van der Waals surface area contributed by atoms with E-state index < -0.39 is 11.0 Å². The molecule has 4 heteroatoms. The van der Waals surface area contributed by atoms with Crippen LogP contribution in [0.5, 0.6) is 0 Å². The fourth-order valence-corrected chi connectivity index (χ4v) is 6.09. The zero-order valence-corrected chi connectivity index (χ0v) is 14.7. The average Bonchev–Trinajstić information content (AvgIpc) is 2.57. The van der Waals surface area contributed by atoms with Crippen LogP contribution < -0.4 is 0 Å². The minimum atomic E-state index is -3.63. The van der Waals surface area contributed by atoms with Gasteiger partial charge in [0.15, 0.2) is 0 Å². The van der Waals surface area contributed by atoms with Gasteiger partial charge in [0.1, 0.15) is 5.16 Å². The van der Waals surface area contributed by atoms with Crippen LogP contribution in [0.15, 0.2) is 91.0 Å². The Bertz CT molecular complexity index is 717. The Labute approximate surface area is 145 Å². The molecule has 3 rings (SSSR count). The number of hydrogen-bond donors (Lipinski definition) is 0. The van der Waals surface area contributed by atoms with Crippen molar-refractivity contribution >= 4 is 28.3 Å². The van der Waals surface area contributed by atoms with E-state index in [9.17, 15) is 4.57 Å². The van der Waals surface area contributed by atoms with Crippen molar-refractivity contribution in [1.82, 2.24) is 0 Å². The van der Waals surface area contributed by atoms with E-state index in [-0.39, 0.29) is 0 Å². The summed E-state index contributed by atoms with van der Waals surface area (Å²) in [5.41, 5.74) is 2.43. The largest absolute Gasteiger partial charge is 0.288 e. The van der Waals surface area contributed by atoms with E-state index in [1.54, 1.807) is 0 Å². The molecule has 0 spiro atoms. The van der Waals surface area contributed by atoms with Gasteiger partial charge in [-0.1, -0.05) is 91.0 Å². The van der Waals surface area contributed by atoms with Crippen molar-refractivity contribution in [2.75, 3.05) is 0 Å². The second-order valence-electron chi connectivity index (χ2n) is 5.27. The zero-order valence-electron chi connectivity index (χ0n) is 12.3. The van der Waals surface area contributed by atoms with Crippen LogP contribution in [0.3, 0.4) is 0 Å². The van der Waals surface area contributed by atoms with Crippen molar-refractivity contribution in [3.05, 3.63) is 108 Å². The van der Waals surface area contributed by atoms with Gasteiger partial charge in [0, 0.05) is 0 Å². The lowest BCUT2D eigenvalue weighted by Gasteiger charge is -2.36. The normalized spacial score (nSPS) is 12.1. The topological polar surface area (TPSA) is 17.1 Å². The molecule has 23 heavy (non-hydrogen) atoms. The highest BCUT2D eigenvalue weighted by atomic mass is 35.9. The minimum absolute atomic E-state index is 0.811. The van der Waals surface area contributed by atoms with Crippen molar-refractivity contribution in [3.63, 3.8) is 0 Å². The van der Waals surface area contributed by atoms with Gasteiger partial charge in [-0.15, -0.1) is 0 Å². The van der Waals surface area contributed by atoms with Gasteiger partial charge in [0.05, 0.1) is 0 Å². The highest BCUT2D eigenvalue weighted by Crippen LogP contribution is 2.75. The summed E-state index contributed by atoms with van der Waals surface area (Å²) in [6.45, 7) is 0. The van der Waals surface area contributed by atoms with E-state index in [0.717, 1.165) is 16.7 Å². The van der Waals surface area contributed by atoms with Crippen molar-refractivity contribution < 1.29 is 4.57 Å². The van der Waals surface area contributed by atoms with Crippen LogP contribution in [0.1, 0.15) is 16.7 Å². The molecule has 0 aliphatic rings. The van der Waals surface area contributed by atoms with Gasteiger partial charge < -0.3 is 0 Å². The summed E-state index contributed by atoms with van der Waals surface area (Å²) >= 11 is 12.8. The lowest BCUT2D eigenvalue weighted by molar-refractivity contribution is 0.579. The molecule has 1 nitrogen and oxygen atoms in total. The molecule has 0 heterocycles. The fraction of sp³-hybridized carbons (Fsp3) is 0.0526. The molecule has 0 saturated carbocycles. The standard InChI is InChI=1S/C19H15Cl2OP/c20-23(21,22)19(16-10-4-1-5-11-16,17-12-6-2-7-13-17)18-14-8-3-9-15-18/h1-15H. The smallest absolute Gasteiger partial charge is 0.271 e. The monoisotopic (exact) mass is 360 g/mol. The molecule has 0 unspecified atom stereocenters. The molecule has 0 aliphatic heterocycles. The first-order chi connectivity index (χ1) is 11.1. The predicted octanol–water partition coefficient (Wildman–Crippen LogP) is 6.65. The van der Waals surface area contributed by atoms with Gasteiger partial charge in [-0.3, -0.25) is 4.57 Å². The first kappa shape index (κ1) is 16.3. The summed E-state index contributed by atoms with van der Waals surface area (Å²) < 4.78 is 13.2. The molecule has 0 aliphatic carbocycles. The lowest BCUT2D eigenvalue weighted by Crippen LogP contribution is -2.26. The summed E-state index contributed by atoms with van der Waals surface area (Å²) in [7, 11) is 0. The molecule has 3 aromatic carbocycles. The summed E-state index contributed by atoms with van der Waals surface area (Å²) in [6.07, 6.45) is 0. The maximum atomic E-state index is 13.2. The Morgan fingerprint density at radius 1 is 0.565 bits per heavy atom. The quantitative estimate of drug-likeness (QED) is 0.376. The van der Waals surface area contributed by atoms with Gasteiger partial charge in [-0.05, 0) is 39.2 Å². The van der Waals surface area contributed by atoms with E-state index in [1.165, 1.54) is 0 Å². The molecular formula is C19H15Cl2OP. The van der Waals surface area contributed by atoms with Gasteiger partial charge in [0.25, 0.3) is 5.85 Å². The third-order valence-electron chi connectivity index (χ3n) is 3.97. The highest BCUT2D eigenvalue weighted by Gasteiger charge is 2.50. The van der Waals surface area contributed by atoms with E-state index >= 15 is 0 Å². The molecule has 0 radical (unpaired) electrons. The maximum absolute atomic E-state index is 13.2. The van der Waals surface area contributed by atoms with Crippen LogP contribution in [-0.2, 0) is 9.72 Å². The van der Waals surface area contributed by atoms with Crippen molar-refractivity contribution in [1.29, 1.82) is 0 Å². The third-order valence-corrected chi connectivity index (χ3v) is 7.04. The number of benzene rings is 3. The van der Waals surface area contributed by atoms with Crippen LogP contribution in [0, 0.1) is 0 Å². The fourth-order valence-electron chi connectivity index (χ4n) is 2.99. The van der Waals surface area contributed by atoms with Gasteiger partial charge >= 0.3 is 0 Å². The molecule has 0 amide bonds. The number of halogens is 2. The van der Waals surface area contributed by atoms with Gasteiger partial charge in [-0.2, -0.15) is 0 Å². The van der Waals surface area contributed by atoms with Crippen LogP contribution >= 0.6 is 28.3 Å². The molecule has 0 N–H and O–H groups in total. The van der Waals surface area contributed by atoms with E-state index in [1.807, 2.05) is 91.0 Å². The summed E-state index contributed by atoms with van der Waals surface area (Å²) in [4.78, 5) is 0. The van der Waals surface area contributed by atoms with Crippen molar-refractivity contribution in [2.24, 2.45) is 0 Å². The number of rotatable bonds is 4. The summed E-state index contributed by atoms with van der Waals surface area (Å²) in [5, 5.41) is -1.10. The minimum Gasteiger partial charge on any atom is -0.288 e. The first-order valence-electron chi connectivity index (χ1n) is 7.23. The second kappa shape index (κ2) is 6.53. The molecule has 116 valence electrons. The Kier molecular flexibility index (Phi) is 4.64. The van der Waals surface area contributed by atoms with Crippen molar-refractivity contribution in [2.45, 2.75) is 5.16 Å². The zero-order chi connectivity index (χ0) is 16.3. The Balaban J connectivity index is 2.44. The van der Waals surface area contributed by atoms with Crippen LogP contribution in [0.4, 0.5) is 0 Å². The SMILES string of the molecule is O=P(Cl)(Cl)C(c1ccccc1)(c1ccccc1)c1ccccc1. The van der Waals surface area contributed by atoms with Gasteiger partial charge in [0.2, 0.25) is 0 Å². The van der Waals surface area contributed by atoms with E-state index in [4.69, 9.17) is 22.5 Å². The molecule has 0 aromatic heterocycles. The summed E-state index contributed by atoms with van der Waals surface area (Å²) in [5.74, 6) is -3.63. The second-order valence-corrected chi connectivity index (χ2v) is 10.2. The van der Waals surface area contributed by atoms with Gasteiger partial charge in [-0.25, -0.2) is 0 Å². The van der Waals surface area contributed by atoms with Crippen LogP contribution in [0.2, 0.25) is 0 Å². The maximum Gasteiger partial charge on any atom is 0.271 e. The average molecular weight is 361 g/mol. The predicted molar refractivity (Wildman–Crippen MR) is 98.5 cm³/mol. The molecule has 3 aromatic rings. The molecule has 0 fully saturated rings. The van der Waals surface area contributed by atoms with Crippen LogP contribution in [-0.4, -0.2) is 0 Å². The Hall–Kier alpha value is -1.53. The van der Waals surface area contributed by atoms with E-state index in [2.05, 4.69) is 0 Å². The Morgan fingerprint density at radius 2 is 0.826 bits per heavy atom. The van der Waals surface area contributed by atoms with Crippen LogP contribution in [0.25, 0.3) is 0 Å².